The van der Waals surface area contributed by atoms with Crippen LogP contribution in [0.5, 0.6) is 0 Å². The summed E-state index contributed by atoms with van der Waals surface area (Å²) in [5.41, 5.74) is 11.4. The van der Waals surface area contributed by atoms with Crippen LogP contribution in [0.2, 0.25) is 0 Å². The van der Waals surface area contributed by atoms with E-state index in [2.05, 4.69) is 23.8 Å². The van der Waals surface area contributed by atoms with E-state index >= 15 is 0 Å². The number of nitrogens with zero attached hydrogens (tertiary/aromatic N) is 5. The highest BCUT2D eigenvalue weighted by Crippen LogP contribution is 2.60. The standard InChI is InChI=1S/C21H27N7O14P2/c22-17-12-19(25-7-24-17)28(8-26-12)21-16(32)14(30)11(41-21)6-39-44(36,37)42-43(34,35)38-5-10-13(29)15(31)20(40-10)27-3-1-2-9(4-27)18(23)33/h1-4,7-8,10-11,13-16,20-21,29-32H,5-6H2,(H5-,22,23,24,25,33,34,35,36,37)/p+1/t10-,11+,13-,14-,15+,16+,20+,21+/m0/s1. The van der Waals surface area contributed by atoms with Crippen molar-refractivity contribution in [2.75, 3.05) is 18.9 Å². The summed E-state index contributed by atoms with van der Waals surface area (Å²) >= 11 is 0. The summed E-state index contributed by atoms with van der Waals surface area (Å²) in [6.45, 7) is -1.80. The normalized spacial score (nSPS) is 31.6. The molecule has 1 amide bonds. The number of ether oxygens (including phenoxy) is 2. The molecule has 5 heterocycles. The number of carbonyl (C=O) groups is 1. The fourth-order valence-corrected chi connectivity index (χ4v) is 6.67. The Kier molecular flexibility index (Phi) is 9.13. The Balaban J connectivity index is 1.16. The highest BCUT2D eigenvalue weighted by atomic mass is 31.3. The average molecular weight is 664 g/mol. The second-order valence-corrected chi connectivity index (χ2v) is 12.7. The van der Waals surface area contributed by atoms with Crippen molar-refractivity contribution in [2.45, 2.75) is 49.1 Å². The van der Waals surface area contributed by atoms with Crippen LogP contribution in [0, 0.1) is 0 Å². The molecule has 0 saturated carbocycles. The number of hydrogen-bond donors (Lipinski definition) is 8. The molecule has 0 spiro atoms. The molecule has 23 heteroatoms. The molecular weight excluding hydrogens is 636 g/mol. The zero-order valence-electron chi connectivity index (χ0n) is 22.2. The first-order chi connectivity index (χ1) is 20.7. The number of phosphoric acid groups is 2. The van der Waals surface area contributed by atoms with Gasteiger partial charge in [-0.15, -0.1) is 0 Å². The van der Waals surface area contributed by atoms with E-state index < -0.39 is 83.8 Å². The van der Waals surface area contributed by atoms with Gasteiger partial charge >= 0.3 is 15.6 Å². The van der Waals surface area contributed by atoms with E-state index in [0.29, 0.717) is 0 Å². The van der Waals surface area contributed by atoms with Crippen molar-refractivity contribution in [3.63, 3.8) is 0 Å². The number of aliphatic hydroxyl groups excluding tert-OH is 4. The van der Waals surface area contributed by atoms with Gasteiger partial charge < -0.3 is 51.2 Å². The number of phosphoric ester groups is 2. The van der Waals surface area contributed by atoms with Crippen LogP contribution in [0.3, 0.4) is 0 Å². The van der Waals surface area contributed by atoms with Gasteiger partial charge in [-0.25, -0.2) is 24.1 Å². The van der Waals surface area contributed by atoms with Crippen LogP contribution in [-0.2, 0) is 32.0 Å². The molecule has 2 aliphatic rings. The Morgan fingerprint density at radius 3 is 2.27 bits per heavy atom. The van der Waals surface area contributed by atoms with Gasteiger partial charge in [-0.05, 0) is 6.07 Å². The third-order valence-corrected chi connectivity index (χ3v) is 9.35. The summed E-state index contributed by atoms with van der Waals surface area (Å²) in [4.78, 5) is 43.3. The summed E-state index contributed by atoms with van der Waals surface area (Å²) in [7, 11) is -10.7. The van der Waals surface area contributed by atoms with Gasteiger partial charge in [0.1, 0.15) is 47.9 Å². The maximum absolute atomic E-state index is 12.4. The van der Waals surface area contributed by atoms with E-state index in [1.54, 1.807) is 0 Å². The minimum absolute atomic E-state index is 0.0505. The quantitative estimate of drug-likeness (QED) is 0.0747. The molecule has 2 saturated heterocycles. The molecule has 2 aliphatic heterocycles. The van der Waals surface area contributed by atoms with E-state index in [1.807, 2.05) is 0 Å². The van der Waals surface area contributed by atoms with Gasteiger partial charge in [0.05, 0.1) is 19.5 Å². The predicted octanol–water partition coefficient (Wildman–Crippen LogP) is -3.02. The number of rotatable bonds is 11. The van der Waals surface area contributed by atoms with Crippen LogP contribution in [0.25, 0.3) is 11.2 Å². The fourth-order valence-electron chi connectivity index (χ4n) is 4.58. The number of nitrogens with two attached hydrogens (primary N) is 2. The van der Waals surface area contributed by atoms with Gasteiger partial charge in [0.25, 0.3) is 12.1 Å². The second-order valence-electron chi connectivity index (χ2n) is 9.69. The predicted molar refractivity (Wildman–Crippen MR) is 139 cm³/mol. The Bertz CT molecular complexity index is 1630. The lowest BCUT2D eigenvalue weighted by Crippen LogP contribution is -2.46. The highest BCUT2D eigenvalue weighted by molar-refractivity contribution is 7.61. The van der Waals surface area contributed by atoms with E-state index in [-0.39, 0.29) is 22.5 Å². The van der Waals surface area contributed by atoms with Crippen molar-refractivity contribution in [2.24, 2.45) is 5.73 Å². The van der Waals surface area contributed by atoms with Gasteiger partial charge in [0.15, 0.2) is 36.2 Å². The molecule has 240 valence electrons. The van der Waals surface area contributed by atoms with Crippen LogP contribution in [-0.4, -0.2) is 105 Å². The van der Waals surface area contributed by atoms with E-state index in [9.17, 15) is 44.1 Å². The number of nitrogen functional groups attached to an aromatic ring is 1. The maximum atomic E-state index is 12.4. The molecule has 3 aromatic heterocycles. The molecule has 0 aliphatic carbocycles. The van der Waals surface area contributed by atoms with Crippen LogP contribution in [0.15, 0.2) is 37.2 Å². The Morgan fingerprint density at radius 1 is 0.977 bits per heavy atom. The maximum Gasteiger partial charge on any atom is 0.481 e. The van der Waals surface area contributed by atoms with Crippen molar-refractivity contribution < 1.29 is 71.5 Å². The molecule has 0 bridgehead atoms. The van der Waals surface area contributed by atoms with Gasteiger partial charge in [-0.1, -0.05) is 0 Å². The Labute approximate surface area is 246 Å². The minimum atomic E-state index is -5.37. The Hall–Kier alpha value is -3.01. The Morgan fingerprint density at radius 2 is 1.61 bits per heavy atom. The molecule has 5 rings (SSSR count). The van der Waals surface area contributed by atoms with Crippen LogP contribution in [0.1, 0.15) is 22.8 Å². The van der Waals surface area contributed by atoms with E-state index in [0.717, 1.165) is 6.33 Å². The van der Waals surface area contributed by atoms with E-state index in [1.165, 1.54) is 40.0 Å². The first-order valence-corrected chi connectivity index (χ1v) is 15.6. The summed E-state index contributed by atoms with van der Waals surface area (Å²) in [5, 5.41) is 41.6. The lowest BCUT2D eigenvalue weighted by atomic mass is 10.1. The lowest BCUT2D eigenvalue weighted by Gasteiger charge is -2.20. The van der Waals surface area contributed by atoms with Crippen molar-refractivity contribution in [3.8, 4) is 0 Å². The number of imidazole rings is 1. The molecule has 0 radical (unpaired) electrons. The molecule has 3 aromatic rings. The summed E-state index contributed by atoms with van der Waals surface area (Å²) in [5.74, 6) is -0.714. The molecule has 2 fully saturated rings. The molecule has 0 aromatic carbocycles. The third kappa shape index (κ3) is 6.65. The van der Waals surface area contributed by atoms with Crippen molar-refractivity contribution in [1.29, 1.82) is 0 Å². The second kappa shape index (κ2) is 12.4. The number of carbonyl (C=O) groups excluding carboxylic acids is 1. The summed E-state index contributed by atoms with van der Waals surface area (Å²) in [6.07, 6.45) is -6.85. The molecule has 2 unspecified atom stereocenters. The molecular formula is C21H28N7O14P2+. The summed E-state index contributed by atoms with van der Waals surface area (Å²) in [6, 6.07) is 2.83. The van der Waals surface area contributed by atoms with Crippen LogP contribution in [0.4, 0.5) is 5.82 Å². The lowest BCUT2D eigenvalue weighted by molar-refractivity contribution is -0.765. The SMILES string of the molecule is NC(=O)c1ccc[n+]([C@@H]2O[C@@H](COP(=O)(O)OP(=O)(O)OC[C@H]3O[C@@H](n4cnc5c(N)ncnc54)[C@H](O)[C@H]3O)[C@H](O)[C@H]2O)c1. The number of primary amides is 1. The van der Waals surface area contributed by atoms with Gasteiger partial charge in [-0.3, -0.25) is 18.4 Å². The highest BCUT2D eigenvalue weighted by Gasteiger charge is 2.50. The monoisotopic (exact) mass is 664 g/mol. The van der Waals surface area contributed by atoms with Crippen molar-refractivity contribution >= 4 is 38.5 Å². The van der Waals surface area contributed by atoms with Crippen LogP contribution < -0.4 is 16.0 Å². The number of aromatic nitrogens is 5. The van der Waals surface area contributed by atoms with E-state index in [4.69, 9.17) is 25.5 Å². The molecule has 10 atom stereocenters. The first-order valence-electron chi connectivity index (χ1n) is 12.6. The number of aliphatic hydroxyl groups is 4. The minimum Gasteiger partial charge on any atom is -0.387 e. The number of fused-ring (bicyclic) bond motifs is 1. The van der Waals surface area contributed by atoms with Crippen molar-refractivity contribution in [1.82, 2.24) is 19.5 Å². The zero-order valence-corrected chi connectivity index (χ0v) is 24.0. The molecule has 10 N–H and O–H groups in total. The third-order valence-electron chi connectivity index (χ3n) is 6.75. The average Bonchev–Trinajstić information content (AvgIpc) is 3.61. The number of pyridine rings is 1. The smallest absolute Gasteiger partial charge is 0.387 e. The van der Waals surface area contributed by atoms with Crippen molar-refractivity contribution in [3.05, 3.63) is 42.7 Å². The first kappa shape index (κ1) is 32.4. The van der Waals surface area contributed by atoms with Gasteiger partial charge in [-0.2, -0.15) is 8.88 Å². The summed E-state index contributed by atoms with van der Waals surface area (Å²) < 4.78 is 52.0. The zero-order chi connectivity index (χ0) is 32.0. The fraction of sp³-hybridized carbons (Fsp3) is 0.476. The number of amides is 1. The topological polar surface area (TPSA) is 318 Å². The largest absolute Gasteiger partial charge is 0.481 e. The number of hydrogen-bond acceptors (Lipinski definition) is 16. The molecule has 44 heavy (non-hydrogen) atoms. The molecule has 21 nitrogen and oxygen atoms in total. The number of anilines is 1. The van der Waals surface area contributed by atoms with Crippen LogP contribution >= 0.6 is 15.6 Å². The van der Waals surface area contributed by atoms with Gasteiger partial charge in [0, 0.05) is 6.07 Å². The van der Waals surface area contributed by atoms with Gasteiger partial charge in [0.2, 0.25) is 0 Å².